The van der Waals surface area contributed by atoms with Crippen LogP contribution in [0.15, 0.2) is 0 Å². The Labute approximate surface area is 48.3 Å². The fraction of sp³-hybridized carbons (Fsp3) is 0.500. The van der Waals surface area contributed by atoms with E-state index in [0.717, 1.165) is 0 Å². The number of hydrogen-bond acceptors (Lipinski definition) is 3. The Balaban J connectivity index is 0. The second kappa shape index (κ2) is 4.87. The Morgan fingerprint density at radius 3 is 1.38 bits per heavy atom. The molecule has 6 heteroatoms. The molecule has 0 saturated carbocycles. The monoisotopic (exact) mass is 161 g/mol. The van der Waals surface area contributed by atoms with Crippen molar-refractivity contribution in [2.45, 2.75) is 6.92 Å². The fourth-order valence-electron chi connectivity index (χ4n) is 0. The third kappa shape index (κ3) is 1660. The van der Waals surface area contributed by atoms with Gasteiger partial charge in [-0.1, -0.05) is 0 Å². The van der Waals surface area contributed by atoms with Crippen LogP contribution >= 0.6 is 0 Å². The molecule has 5 nitrogen and oxygen atoms in total. The van der Waals surface area contributed by atoms with Crippen LogP contribution in [-0.2, 0) is 26.0 Å². The van der Waals surface area contributed by atoms with Crippen LogP contribution in [-0.4, -0.2) is 14.6 Å². The summed E-state index contributed by atoms with van der Waals surface area (Å²) in [4.78, 5) is 8.68. The second-order valence-corrected chi connectivity index (χ2v) is 2.05. The van der Waals surface area contributed by atoms with Crippen LogP contribution < -0.4 is 0 Å². The summed E-state index contributed by atoms with van der Waals surface area (Å²) in [6, 6.07) is 0. The minimum atomic E-state index is -5.25. The topological polar surface area (TPSA) is 91.7 Å². The summed E-state index contributed by atoms with van der Waals surface area (Å²) in [5, 5.41) is 0. The summed E-state index contributed by atoms with van der Waals surface area (Å²) in [7, 11) is 0. The van der Waals surface area contributed by atoms with Crippen molar-refractivity contribution in [1.82, 2.24) is 0 Å². The molecule has 0 aromatic carbocycles. The van der Waals surface area contributed by atoms with Crippen molar-refractivity contribution in [1.29, 1.82) is 0 Å². The summed E-state index contributed by atoms with van der Waals surface area (Å²) in [6.45, 7) is 1.32. The molecule has 2 N–H and O–H groups in total. The normalized spacial score (nSPS) is 8.88. The Morgan fingerprint density at radius 2 is 1.38 bits per heavy atom. The maximum absolute atomic E-state index is 8.82. The third-order valence-electron chi connectivity index (χ3n) is 0. The number of carbonyl (C=O) groups excluding carboxylic acids is 1. The molecule has 0 spiro atoms. The molecule has 0 heterocycles. The van der Waals surface area contributed by atoms with Crippen molar-refractivity contribution in [3.8, 4) is 0 Å². The van der Waals surface area contributed by atoms with Gasteiger partial charge in [-0.25, -0.2) is 0 Å². The van der Waals surface area contributed by atoms with E-state index in [1.54, 1.807) is 0 Å². The Hall–Kier alpha value is -0.278. The molecular weight excluding hydrogens is 156 g/mol. The van der Waals surface area contributed by atoms with Gasteiger partial charge in [-0.05, 0) is 0 Å². The summed E-state index contributed by atoms with van der Waals surface area (Å²) in [5.41, 5.74) is 0. The first-order valence-corrected chi connectivity index (χ1v) is 3.58. The van der Waals surface area contributed by atoms with Crippen LogP contribution in [0.25, 0.3) is 0 Å². The van der Waals surface area contributed by atoms with Crippen molar-refractivity contribution < 1.29 is 34.3 Å². The van der Waals surface area contributed by atoms with Crippen LogP contribution in [0.4, 0.5) is 0 Å². The zero-order valence-electron chi connectivity index (χ0n) is 4.03. The van der Waals surface area contributed by atoms with Gasteiger partial charge < -0.3 is 4.79 Å². The average molecular weight is 161 g/mol. The molecular formula is C2H5CrO5-. The molecule has 0 aliphatic heterocycles. The van der Waals surface area contributed by atoms with Crippen LogP contribution in [0, 0.1) is 0 Å². The van der Waals surface area contributed by atoms with Gasteiger partial charge in [0.15, 0.2) is 0 Å². The maximum atomic E-state index is 8.82. The van der Waals surface area contributed by atoms with Crippen LogP contribution in [0.1, 0.15) is 6.92 Å². The van der Waals surface area contributed by atoms with E-state index in [1.807, 2.05) is 0 Å². The molecule has 50 valence electrons. The average Bonchev–Trinajstić information content (AvgIpc) is 1.27. The predicted octanol–water partition coefficient (Wildman–Crippen LogP) is -1.24. The summed E-state index contributed by atoms with van der Waals surface area (Å²) >= 11 is -5.25. The summed E-state index contributed by atoms with van der Waals surface area (Å²) in [5.74, 6) is 0. The van der Waals surface area contributed by atoms with Crippen LogP contribution in [0.2, 0.25) is 0 Å². The standard InChI is InChI=1S/C2H3O.Cr.2H2O.2O/c1-2-3;;;;;/h1H3;;2*1H2;;/q-1;+2;;;;/p-2. The Kier molecular flexibility index (Phi) is 6.49. The van der Waals surface area contributed by atoms with Crippen LogP contribution in [0.3, 0.4) is 0 Å². The third-order valence-corrected chi connectivity index (χ3v) is 0. The number of rotatable bonds is 0. The van der Waals surface area contributed by atoms with E-state index in [1.165, 1.54) is 13.2 Å². The van der Waals surface area contributed by atoms with Crippen molar-refractivity contribution in [3.63, 3.8) is 0 Å². The molecule has 0 fully saturated rings. The molecule has 0 bridgehead atoms. The first-order chi connectivity index (χ1) is 3.41. The zero-order chi connectivity index (χ0) is 7.21. The molecule has 0 aromatic rings. The predicted molar refractivity (Wildman–Crippen MR) is 17.2 cm³/mol. The molecule has 0 aromatic heterocycles. The summed E-state index contributed by atoms with van der Waals surface area (Å²) in [6.07, 6.45) is 1.50. The summed E-state index contributed by atoms with van der Waals surface area (Å²) < 4.78 is 31.9. The van der Waals surface area contributed by atoms with Gasteiger partial charge in [-0.3, -0.25) is 6.29 Å². The van der Waals surface area contributed by atoms with E-state index in [0.29, 0.717) is 0 Å². The van der Waals surface area contributed by atoms with Gasteiger partial charge in [-0.2, -0.15) is 6.92 Å². The Bertz CT molecular complexity index is 125. The van der Waals surface area contributed by atoms with Gasteiger partial charge in [0, 0.05) is 0 Å². The van der Waals surface area contributed by atoms with Gasteiger partial charge in [0.05, 0.1) is 0 Å². The van der Waals surface area contributed by atoms with E-state index in [4.69, 9.17) is 20.7 Å². The van der Waals surface area contributed by atoms with E-state index >= 15 is 0 Å². The van der Waals surface area contributed by atoms with Gasteiger partial charge >= 0.3 is 29.5 Å². The van der Waals surface area contributed by atoms with Crippen molar-refractivity contribution in [3.05, 3.63) is 0 Å². The molecule has 0 rings (SSSR count). The quantitative estimate of drug-likeness (QED) is 0.433. The second-order valence-electron chi connectivity index (χ2n) is 0.652. The Morgan fingerprint density at radius 1 is 1.38 bits per heavy atom. The molecule has 0 aliphatic rings. The molecule has 0 atom stereocenters. The molecule has 0 unspecified atom stereocenters. The molecule has 0 amide bonds. The fourth-order valence-corrected chi connectivity index (χ4v) is 0. The van der Waals surface area contributed by atoms with Gasteiger partial charge in [0.25, 0.3) is 0 Å². The van der Waals surface area contributed by atoms with Gasteiger partial charge in [0.1, 0.15) is 0 Å². The SMILES string of the molecule is C[C-]=O.[O]=[Cr](=[O])([OH])[OH]. The first-order valence-electron chi connectivity index (χ1n) is 1.40. The minimum absolute atomic E-state index is 1.32. The number of hydrogen-bond donors (Lipinski definition) is 2. The van der Waals surface area contributed by atoms with Gasteiger partial charge in [-0.15, -0.1) is 0 Å². The first kappa shape index (κ1) is 10.7. The van der Waals surface area contributed by atoms with E-state index < -0.39 is 13.6 Å². The van der Waals surface area contributed by atoms with Crippen molar-refractivity contribution in [2.75, 3.05) is 0 Å². The van der Waals surface area contributed by atoms with E-state index in [2.05, 4.69) is 0 Å². The van der Waals surface area contributed by atoms with Gasteiger partial charge in [0.2, 0.25) is 0 Å². The van der Waals surface area contributed by atoms with Crippen molar-refractivity contribution >= 4 is 6.29 Å². The van der Waals surface area contributed by atoms with E-state index in [9.17, 15) is 0 Å². The van der Waals surface area contributed by atoms with Crippen molar-refractivity contribution in [2.24, 2.45) is 0 Å². The molecule has 0 aliphatic carbocycles. The van der Waals surface area contributed by atoms with Crippen LogP contribution in [0.5, 0.6) is 0 Å². The molecule has 8 heavy (non-hydrogen) atoms. The van der Waals surface area contributed by atoms with E-state index in [-0.39, 0.29) is 0 Å². The molecule has 0 saturated heterocycles. The zero-order valence-corrected chi connectivity index (χ0v) is 5.30. The molecule has 0 radical (unpaired) electrons.